The number of benzene rings is 1. The largest absolute Gasteiger partial charge is 0.370 e. The maximum Gasteiger partial charge on any atom is 0.224 e. The first-order chi connectivity index (χ1) is 10.3. The first kappa shape index (κ1) is 12.7. The van der Waals surface area contributed by atoms with E-state index in [4.69, 9.17) is 11.6 Å². The number of aromatic nitrogens is 3. The van der Waals surface area contributed by atoms with E-state index in [1.807, 2.05) is 6.07 Å². The van der Waals surface area contributed by atoms with Crippen LogP contribution in [0.4, 0.5) is 5.69 Å². The molecule has 0 atom stereocenters. The summed E-state index contributed by atoms with van der Waals surface area (Å²) < 4.78 is 2.09. The van der Waals surface area contributed by atoms with Gasteiger partial charge in [-0.25, -0.2) is 4.98 Å². The van der Waals surface area contributed by atoms with E-state index in [0.717, 1.165) is 24.4 Å². The number of hydrogen-bond acceptors (Lipinski definition) is 3. The Kier molecular flexibility index (Phi) is 3.04. The molecule has 3 heterocycles. The second-order valence-corrected chi connectivity index (χ2v) is 5.62. The number of anilines is 1. The smallest absolute Gasteiger partial charge is 0.224 e. The van der Waals surface area contributed by atoms with E-state index in [2.05, 4.69) is 49.9 Å². The van der Waals surface area contributed by atoms with E-state index in [0.29, 0.717) is 0 Å². The van der Waals surface area contributed by atoms with Crippen molar-refractivity contribution in [1.82, 2.24) is 14.5 Å². The van der Waals surface area contributed by atoms with Crippen molar-refractivity contribution in [3.05, 3.63) is 48.0 Å². The van der Waals surface area contributed by atoms with Crippen LogP contribution in [0, 0.1) is 0 Å². The molecule has 0 radical (unpaired) electrons. The summed E-state index contributed by atoms with van der Waals surface area (Å²) in [5.74, 6) is 0.802. The molecule has 0 amide bonds. The molecule has 106 valence electrons. The van der Waals surface area contributed by atoms with Crippen molar-refractivity contribution in [3.63, 3.8) is 0 Å². The van der Waals surface area contributed by atoms with Crippen LogP contribution in [0.15, 0.2) is 42.7 Å². The molecule has 3 aromatic rings. The van der Waals surface area contributed by atoms with E-state index >= 15 is 0 Å². The summed E-state index contributed by atoms with van der Waals surface area (Å²) in [5.41, 5.74) is 2.42. The fourth-order valence-corrected chi connectivity index (χ4v) is 3.16. The Bertz CT molecular complexity index is 790. The molecule has 4 rings (SSSR count). The molecule has 5 heteroatoms. The highest BCUT2D eigenvalue weighted by Crippen LogP contribution is 2.32. The minimum absolute atomic E-state index is 0.271. The molecule has 0 N–H and O–H groups in total. The number of nitrogens with zero attached hydrogens (tertiary/aromatic N) is 4. The summed E-state index contributed by atoms with van der Waals surface area (Å²) in [6.45, 7) is 2.25. The number of fused-ring (bicyclic) bond motifs is 1. The third kappa shape index (κ3) is 2.16. The lowest BCUT2D eigenvalue weighted by atomic mass is 10.2. The average molecular weight is 299 g/mol. The van der Waals surface area contributed by atoms with Crippen molar-refractivity contribution in [2.45, 2.75) is 12.8 Å². The van der Waals surface area contributed by atoms with E-state index < -0.39 is 0 Å². The van der Waals surface area contributed by atoms with Gasteiger partial charge >= 0.3 is 0 Å². The van der Waals surface area contributed by atoms with Gasteiger partial charge < -0.3 is 4.90 Å². The summed E-state index contributed by atoms with van der Waals surface area (Å²) in [7, 11) is 0. The van der Waals surface area contributed by atoms with Gasteiger partial charge in [0.2, 0.25) is 5.28 Å². The zero-order valence-electron chi connectivity index (χ0n) is 11.5. The third-order valence-corrected chi connectivity index (χ3v) is 4.18. The van der Waals surface area contributed by atoms with Crippen molar-refractivity contribution < 1.29 is 0 Å². The van der Waals surface area contributed by atoms with Gasteiger partial charge in [0.1, 0.15) is 5.82 Å². The summed E-state index contributed by atoms with van der Waals surface area (Å²) >= 11 is 5.93. The zero-order valence-corrected chi connectivity index (χ0v) is 12.3. The third-order valence-electron chi connectivity index (χ3n) is 4.00. The Morgan fingerprint density at radius 3 is 2.67 bits per heavy atom. The van der Waals surface area contributed by atoms with Gasteiger partial charge in [-0.3, -0.25) is 4.57 Å². The number of rotatable bonds is 2. The molecule has 0 bridgehead atoms. The van der Waals surface area contributed by atoms with Crippen LogP contribution in [-0.4, -0.2) is 27.6 Å². The zero-order chi connectivity index (χ0) is 14.2. The minimum Gasteiger partial charge on any atom is -0.370 e. The number of hydrogen-bond donors (Lipinski definition) is 0. The Labute approximate surface area is 128 Å². The summed E-state index contributed by atoms with van der Waals surface area (Å²) in [5, 5.41) is 1.53. The van der Waals surface area contributed by atoms with Crippen molar-refractivity contribution in [3.8, 4) is 5.82 Å². The highest BCUT2D eigenvalue weighted by molar-refractivity contribution is 6.28. The second kappa shape index (κ2) is 5.04. The van der Waals surface area contributed by atoms with Crippen molar-refractivity contribution in [2.75, 3.05) is 18.0 Å². The summed E-state index contributed by atoms with van der Waals surface area (Å²) in [6.07, 6.45) is 6.38. The normalized spacial score (nSPS) is 15.0. The summed E-state index contributed by atoms with van der Waals surface area (Å²) in [6, 6.07) is 10.3. The summed E-state index contributed by atoms with van der Waals surface area (Å²) in [4.78, 5) is 10.7. The van der Waals surface area contributed by atoms with Crippen LogP contribution in [0.25, 0.3) is 16.7 Å². The quantitative estimate of drug-likeness (QED) is 0.677. The van der Waals surface area contributed by atoms with Crippen LogP contribution in [0.1, 0.15) is 12.8 Å². The molecular weight excluding hydrogens is 284 g/mol. The maximum atomic E-state index is 5.93. The van der Waals surface area contributed by atoms with Gasteiger partial charge in [0.25, 0.3) is 0 Å². The second-order valence-electron chi connectivity index (χ2n) is 5.28. The lowest BCUT2D eigenvalue weighted by molar-refractivity contribution is 0.949. The van der Waals surface area contributed by atoms with E-state index in [-0.39, 0.29) is 5.28 Å². The predicted octanol–water partition coefficient (Wildman–Crippen LogP) is 3.67. The molecule has 21 heavy (non-hydrogen) atoms. The SMILES string of the molecule is Clc1nccc(-n2cc(N3CCCC3)c3ccccc32)n1. The fraction of sp³-hybridized carbons (Fsp3) is 0.250. The van der Waals surface area contributed by atoms with Crippen molar-refractivity contribution >= 4 is 28.2 Å². The van der Waals surface area contributed by atoms with Gasteiger partial charge in [0.05, 0.1) is 11.2 Å². The Balaban J connectivity index is 1.93. The van der Waals surface area contributed by atoms with Crippen LogP contribution in [-0.2, 0) is 0 Å². The molecule has 0 unspecified atom stereocenters. The molecule has 4 nitrogen and oxygen atoms in total. The molecule has 1 fully saturated rings. The molecular formula is C16H15ClN4. The topological polar surface area (TPSA) is 34.0 Å². The number of halogens is 1. The monoisotopic (exact) mass is 298 g/mol. The van der Waals surface area contributed by atoms with Crippen LogP contribution >= 0.6 is 11.6 Å². The Hall–Kier alpha value is -2.07. The average Bonchev–Trinajstić information content (AvgIpc) is 3.14. The van der Waals surface area contributed by atoms with Gasteiger partial charge in [-0.2, -0.15) is 4.98 Å². The molecule has 2 aromatic heterocycles. The van der Waals surface area contributed by atoms with Crippen molar-refractivity contribution in [1.29, 1.82) is 0 Å². The lowest BCUT2D eigenvalue weighted by Crippen LogP contribution is -2.17. The van der Waals surface area contributed by atoms with Gasteiger partial charge in [-0.15, -0.1) is 0 Å². The van der Waals surface area contributed by atoms with Crippen LogP contribution in [0.5, 0.6) is 0 Å². The van der Waals surface area contributed by atoms with Gasteiger partial charge in [-0.05, 0) is 36.6 Å². The molecule has 0 aliphatic carbocycles. The van der Waals surface area contributed by atoms with Crippen LogP contribution < -0.4 is 4.90 Å². The van der Waals surface area contributed by atoms with Gasteiger partial charge in [-0.1, -0.05) is 18.2 Å². The van der Waals surface area contributed by atoms with Crippen molar-refractivity contribution in [2.24, 2.45) is 0 Å². The molecule has 1 saturated heterocycles. The van der Waals surface area contributed by atoms with Crippen LogP contribution in [0.3, 0.4) is 0 Å². The minimum atomic E-state index is 0.271. The van der Waals surface area contributed by atoms with Gasteiger partial charge in [0.15, 0.2) is 0 Å². The first-order valence-corrected chi connectivity index (χ1v) is 7.55. The van der Waals surface area contributed by atoms with E-state index in [1.165, 1.54) is 23.9 Å². The highest BCUT2D eigenvalue weighted by Gasteiger charge is 2.18. The van der Waals surface area contributed by atoms with E-state index in [9.17, 15) is 0 Å². The highest BCUT2D eigenvalue weighted by atomic mass is 35.5. The molecule has 0 saturated carbocycles. The Morgan fingerprint density at radius 2 is 1.86 bits per heavy atom. The molecule has 1 aliphatic heterocycles. The van der Waals surface area contributed by atoms with E-state index in [1.54, 1.807) is 6.20 Å². The standard InChI is InChI=1S/C16H15ClN4/c17-16-18-8-7-15(19-16)21-11-14(20-9-3-4-10-20)12-5-1-2-6-13(12)21/h1-2,5-8,11H,3-4,9-10H2. The van der Waals surface area contributed by atoms with Crippen LogP contribution in [0.2, 0.25) is 5.28 Å². The molecule has 1 aromatic carbocycles. The Morgan fingerprint density at radius 1 is 1.05 bits per heavy atom. The maximum absolute atomic E-state index is 5.93. The fourth-order valence-electron chi connectivity index (χ4n) is 3.02. The molecule has 0 spiro atoms. The predicted molar refractivity (Wildman–Crippen MR) is 85.3 cm³/mol. The first-order valence-electron chi connectivity index (χ1n) is 7.17. The van der Waals surface area contributed by atoms with Gasteiger partial charge in [0, 0.05) is 30.9 Å². The molecule has 1 aliphatic rings. The lowest BCUT2D eigenvalue weighted by Gasteiger charge is -2.15. The number of para-hydroxylation sites is 1.